The maximum atomic E-state index is 12.7. The van der Waals surface area contributed by atoms with Gasteiger partial charge in [0, 0.05) is 43.9 Å². The minimum absolute atomic E-state index is 0.0196. The number of hydrogen-bond acceptors (Lipinski definition) is 10. The molecule has 13 heteroatoms. The number of rotatable bonds is 34. The highest BCUT2D eigenvalue weighted by atomic mass is 31.2. The number of allylic oxidation sites excluding steroid dienone is 2. The maximum Gasteiger partial charge on any atom is 0.469 e. The summed E-state index contributed by atoms with van der Waals surface area (Å²) in [6, 6.07) is 0. The van der Waals surface area contributed by atoms with Crippen LogP contribution in [0.2, 0.25) is 0 Å². The third kappa shape index (κ3) is 26.8. The van der Waals surface area contributed by atoms with Gasteiger partial charge in [-0.1, -0.05) is 109 Å². The van der Waals surface area contributed by atoms with E-state index in [2.05, 4.69) is 30.5 Å². The third-order valence-corrected chi connectivity index (χ3v) is 10.4. The Morgan fingerprint density at radius 1 is 0.722 bits per heavy atom. The fraction of sp³-hybridized carbons (Fsp3) is 0.829. The van der Waals surface area contributed by atoms with Crippen LogP contribution >= 0.6 is 7.82 Å². The SMILES string of the molecule is CCCCCCCC/C=C\CCCCCCCC(=O)O[C@H](COC(=O)CCCCC(=O)C[C@@H]1[C@@H](/C=C/[C@@H](O)CCCCC)[C@H](O)C[C@@H]1O)COP(=O)(O)O. The van der Waals surface area contributed by atoms with Gasteiger partial charge in [-0.15, -0.1) is 0 Å². The molecule has 0 aromatic heterocycles. The smallest absolute Gasteiger partial charge is 0.462 e. The van der Waals surface area contributed by atoms with Crippen LogP contribution in [0.1, 0.15) is 168 Å². The third-order valence-electron chi connectivity index (χ3n) is 9.92. The molecule has 1 aliphatic rings. The number of esters is 2. The summed E-state index contributed by atoms with van der Waals surface area (Å²) in [4.78, 5) is 55.8. The van der Waals surface area contributed by atoms with Crippen LogP contribution in [0, 0.1) is 11.8 Å². The topological polar surface area (TPSA) is 197 Å². The van der Waals surface area contributed by atoms with Gasteiger partial charge < -0.3 is 34.6 Å². The van der Waals surface area contributed by atoms with Crippen molar-refractivity contribution in [1.82, 2.24) is 0 Å². The average Bonchev–Trinajstić information content (AvgIpc) is 3.38. The Bertz CT molecular complexity index is 1110. The lowest BCUT2D eigenvalue weighted by atomic mass is 9.87. The molecule has 0 aromatic rings. The second-order valence-electron chi connectivity index (χ2n) is 14.9. The number of carbonyl (C=O) groups is 3. The zero-order valence-electron chi connectivity index (χ0n) is 33.2. The molecule has 12 nitrogen and oxygen atoms in total. The number of unbranched alkanes of at least 4 members (excludes halogenated alkanes) is 14. The van der Waals surface area contributed by atoms with Gasteiger partial charge in [0.15, 0.2) is 6.10 Å². The van der Waals surface area contributed by atoms with Gasteiger partial charge >= 0.3 is 19.8 Å². The number of phosphoric ester groups is 1. The molecule has 1 aliphatic carbocycles. The van der Waals surface area contributed by atoms with Gasteiger partial charge in [0.1, 0.15) is 12.4 Å². The van der Waals surface area contributed by atoms with Crippen molar-refractivity contribution in [1.29, 1.82) is 0 Å². The number of ketones is 1. The molecule has 1 saturated carbocycles. The van der Waals surface area contributed by atoms with Crippen LogP contribution in [0.15, 0.2) is 24.3 Å². The first-order valence-corrected chi connectivity index (χ1v) is 22.3. The van der Waals surface area contributed by atoms with E-state index in [0.717, 1.165) is 57.8 Å². The molecular weight excluding hydrogens is 715 g/mol. The van der Waals surface area contributed by atoms with E-state index < -0.39 is 69.2 Å². The molecule has 0 aromatic carbocycles. The number of hydrogen-bond donors (Lipinski definition) is 5. The van der Waals surface area contributed by atoms with Crippen molar-refractivity contribution >= 4 is 25.5 Å². The summed E-state index contributed by atoms with van der Waals surface area (Å²) in [7, 11) is -4.84. The van der Waals surface area contributed by atoms with E-state index in [-0.39, 0.29) is 37.9 Å². The van der Waals surface area contributed by atoms with Crippen molar-refractivity contribution in [3.63, 3.8) is 0 Å². The number of aliphatic hydroxyl groups excluding tert-OH is 3. The van der Waals surface area contributed by atoms with E-state index in [0.29, 0.717) is 25.7 Å². The quantitative estimate of drug-likeness (QED) is 0.0183. The van der Waals surface area contributed by atoms with Gasteiger partial charge in [0.25, 0.3) is 0 Å². The number of phosphoric acid groups is 1. The Kier molecular flexibility index (Phi) is 28.9. The normalized spacial score (nSPS) is 20.1. The molecule has 0 spiro atoms. The summed E-state index contributed by atoms with van der Waals surface area (Å²) in [5, 5.41) is 31.2. The van der Waals surface area contributed by atoms with E-state index in [1.807, 2.05) is 0 Å². The fourth-order valence-electron chi connectivity index (χ4n) is 6.72. The van der Waals surface area contributed by atoms with Crippen molar-refractivity contribution in [2.45, 2.75) is 192 Å². The summed E-state index contributed by atoms with van der Waals surface area (Å²) in [6.07, 6.45) is 23.9. The predicted octanol–water partition coefficient (Wildman–Crippen LogP) is 7.96. The highest BCUT2D eigenvalue weighted by Gasteiger charge is 2.41. The average molecular weight is 789 g/mol. The molecule has 0 amide bonds. The first kappa shape index (κ1) is 50.1. The first-order valence-electron chi connectivity index (χ1n) is 20.8. The fourth-order valence-corrected chi connectivity index (χ4v) is 7.08. The van der Waals surface area contributed by atoms with Crippen LogP contribution in [0.5, 0.6) is 0 Å². The molecule has 1 fully saturated rings. The predicted molar refractivity (Wildman–Crippen MR) is 209 cm³/mol. The Labute approximate surface area is 324 Å². The minimum Gasteiger partial charge on any atom is -0.462 e. The van der Waals surface area contributed by atoms with E-state index >= 15 is 0 Å². The van der Waals surface area contributed by atoms with Crippen molar-refractivity contribution in [3.05, 3.63) is 24.3 Å². The van der Waals surface area contributed by atoms with Crippen molar-refractivity contribution < 1.29 is 58.1 Å². The van der Waals surface area contributed by atoms with Crippen molar-refractivity contribution in [3.8, 4) is 0 Å². The second-order valence-corrected chi connectivity index (χ2v) is 16.2. The van der Waals surface area contributed by atoms with Crippen LogP contribution in [0.4, 0.5) is 0 Å². The molecule has 0 radical (unpaired) electrons. The van der Waals surface area contributed by atoms with E-state index in [9.17, 15) is 34.3 Å². The number of ether oxygens (including phenoxy) is 2. The maximum absolute atomic E-state index is 12.7. The highest BCUT2D eigenvalue weighted by molar-refractivity contribution is 7.46. The number of carbonyl (C=O) groups excluding carboxylic acids is 3. The van der Waals surface area contributed by atoms with Gasteiger partial charge in [-0.25, -0.2) is 4.57 Å². The van der Waals surface area contributed by atoms with E-state index in [1.54, 1.807) is 12.2 Å². The Morgan fingerprint density at radius 2 is 1.28 bits per heavy atom. The standard InChI is InChI=1S/C41H73O12P/c1-3-5-7-8-9-10-11-12-13-14-15-16-17-18-20-26-41(47)53-35(32-52-54(48,49)50)31-51-40(46)25-22-21-24-34(43)29-37-36(38(44)30-39(37)45)28-27-33(42)23-19-6-4-2/h12-13,27-28,33,35-39,42,44-45H,3-11,14-26,29-32H2,1-2H3,(H2,48,49,50)/b13-12-,28-27+/t33-,35+,36+,37+,38+,39-/m0/s1. The van der Waals surface area contributed by atoms with Crippen LogP contribution < -0.4 is 0 Å². The minimum atomic E-state index is -4.84. The number of Topliss-reactive ketones (excluding diaryl/α,β-unsaturated/α-hetero) is 1. The van der Waals surface area contributed by atoms with Gasteiger partial charge in [-0.2, -0.15) is 0 Å². The molecule has 0 unspecified atom stereocenters. The van der Waals surface area contributed by atoms with Crippen LogP contribution in [-0.4, -0.2) is 80.5 Å². The second kappa shape index (κ2) is 31.2. The lowest BCUT2D eigenvalue weighted by Crippen LogP contribution is -2.29. The lowest BCUT2D eigenvalue weighted by molar-refractivity contribution is -0.161. The van der Waals surface area contributed by atoms with Gasteiger partial charge in [-0.05, 0) is 51.4 Å². The van der Waals surface area contributed by atoms with Crippen LogP contribution in [0.25, 0.3) is 0 Å². The molecule has 314 valence electrons. The number of aliphatic hydroxyl groups is 3. The Hall–Kier alpha value is -1.92. The van der Waals surface area contributed by atoms with Gasteiger partial charge in [-0.3, -0.25) is 18.9 Å². The molecule has 0 aliphatic heterocycles. The van der Waals surface area contributed by atoms with Gasteiger partial charge in [0.2, 0.25) is 0 Å². The summed E-state index contributed by atoms with van der Waals surface area (Å²) in [6.45, 7) is 3.24. The molecule has 0 saturated heterocycles. The summed E-state index contributed by atoms with van der Waals surface area (Å²) in [5.41, 5.74) is 0. The van der Waals surface area contributed by atoms with E-state index in [4.69, 9.17) is 19.3 Å². The zero-order valence-corrected chi connectivity index (χ0v) is 34.1. The van der Waals surface area contributed by atoms with Crippen molar-refractivity contribution in [2.75, 3.05) is 13.2 Å². The monoisotopic (exact) mass is 788 g/mol. The molecule has 54 heavy (non-hydrogen) atoms. The molecule has 0 heterocycles. The summed E-state index contributed by atoms with van der Waals surface area (Å²) >= 11 is 0. The van der Waals surface area contributed by atoms with Crippen molar-refractivity contribution in [2.24, 2.45) is 11.8 Å². The first-order chi connectivity index (χ1) is 25.9. The molecule has 0 bridgehead atoms. The van der Waals surface area contributed by atoms with Crippen LogP contribution in [0.3, 0.4) is 0 Å². The Morgan fingerprint density at radius 3 is 1.93 bits per heavy atom. The lowest BCUT2D eigenvalue weighted by Gasteiger charge is -2.20. The summed E-state index contributed by atoms with van der Waals surface area (Å²) in [5.74, 6) is -2.17. The highest BCUT2D eigenvalue weighted by Crippen LogP contribution is 2.37. The molecule has 6 atom stereocenters. The molecule has 5 N–H and O–H groups in total. The van der Waals surface area contributed by atoms with E-state index in [1.165, 1.54) is 38.5 Å². The molecule has 1 rings (SSSR count). The van der Waals surface area contributed by atoms with Gasteiger partial charge in [0.05, 0.1) is 24.9 Å². The molecular formula is C41H73O12P. The summed E-state index contributed by atoms with van der Waals surface area (Å²) < 4.78 is 26.3. The Balaban J connectivity index is 2.33. The zero-order chi connectivity index (χ0) is 40.0. The largest absolute Gasteiger partial charge is 0.469 e. The van der Waals surface area contributed by atoms with Crippen LogP contribution in [-0.2, 0) is 32.9 Å².